The van der Waals surface area contributed by atoms with E-state index >= 15 is 0 Å². The number of fused-ring (bicyclic) bond motifs is 3. The van der Waals surface area contributed by atoms with Gasteiger partial charge in [0.15, 0.2) is 0 Å². The quantitative estimate of drug-likeness (QED) is 0.115. The number of rotatable bonds is 15. The van der Waals surface area contributed by atoms with E-state index < -0.39 is 68.2 Å². The van der Waals surface area contributed by atoms with E-state index in [1.165, 1.54) is 31.2 Å². The van der Waals surface area contributed by atoms with Crippen molar-refractivity contribution in [3.8, 4) is 11.1 Å². The Morgan fingerprint density at radius 1 is 0.771 bits per heavy atom. The van der Waals surface area contributed by atoms with E-state index in [0.717, 1.165) is 22.3 Å². The molecule has 0 aliphatic heterocycles. The van der Waals surface area contributed by atoms with Crippen LogP contribution in [0.15, 0.2) is 72.8 Å². The van der Waals surface area contributed by atoms with Crippen LogP contribution in [0.2, 0.25) is 0 Å². The van der Waals surface area contributed by atoms with Crippen LogP contribution in [0, 0.1) is 0 Å². The molecule has 3 aromatic rings. The van der Waals surface area contributed by atoms with Crippen molar-refractivity contribution in [2.45, 2.75) is 56.4 Å². The first kappa shape index (κ1) is 35.8. The Balaban J connectivity index is 1.48. The zero-order valence-corrected chi connectivity index (χ0v) is 26.8. The van der Waals surface area contributed by atoms with Crippen molar-refractivity contribution in [2.75, 3.05) is 6.61 Å². The summed E-state index contributed by atoms with van der Waals surface area (Å²) in [6, 6.07) is 17.2. The molecular weight excluding hydrogens is 645 g/mol. The lowest BCUT2D eigenvalue weighted by atomic mass is 9.98. The van der Waals surface area contributed by atoms with Crippen LogP contribution in [0.5, 0.6) is 0 Å². The molecule has 0 heterocycles. The van der Waals surface area contributed by atoms with E-state index in [4.69, 9.17) is 4.74 Å². The number of ether oxygens (including phenoxy) is 1. The zero-order valence-electron chi connectivity index (χ0n) is 25.9. The van der Waals surface area contributed by atoms with Gasteiger partial charge in [0.1, 0.15) is 24.7 Å². The van der Waals surface area contributed by atoms with E-state index in [9.17, 15) is 48.5 Å². The average molecular weight is 682 g/mol. The molecule has 15 heteroatoms. The molecule has 0 spiro atoms. The summed E-state index contributed by atoms with van der Waals surface area (Å²) in [6.07, 6.45) is -2.51. The highest BCUT2D eigenvalue weighted by molar-refractivity contribution is 7.50. The van der Waals surface area contributed by atoms with Gasteiger partial charge in [-0.2, -0.15) is 0 Å². The van der Waals surface area contributed by atoms with Crippen molar-refractivity contribution in [3.05, 3.63) is 95.1 Å². The lowest BCUT2D eigenvalue weighted by Crippen LogP contribution is -2.56. The first-order valence-electron chi connectivity index (χ1n) is 15.0. The van der Waals surface area contributed by atoms with E-state index in [1.807, 2.05) is 48.5 Å². The highest BCUT2D eigenvalue weighted by atomic mass is 31.2. The summed E-state index contributed by atoms with van der Waals surface area (Å²) in [5.41, 5.74) is 4.74. The van der Waals surface area contributed by atoms with Gasteiger partial charge in [0, 0.05) is 18.8 Å². The van der Waals surface area contributed by atoms with Gasteiger partial charge in [-0.25, -0.2) is 4.79 Å². The Kier molecular flexibility index (Phi) is 11.7. The van der Waals surface area contributed by atoms with Gasteiger partial charge >= 0.3 is 25.6 Å². The molecule has 1 aliphatic carbocycles. The first-order valence-corrected chi connectivity index (χ1v) is 16.8. The van der Waals surface area contributed by atoms with Crippen LogP contribution in [0.1, 0.15) is 47.9 Å². The minimum Gasteiger partial charge on any atom is -0.481 e. The van der Waals surface area contributed by atoms with Gasteiger partial charge in [-0.05, 0) is 46.7 Å². The van der Waals surface area contributed by atoms with Crippen LogP contribution in [0.25, 0.3) is 11.1 Å². The first-order chi connectivity index (χ1) is 22.7. The molecule has 0 fully saturated rings. The Labute approximate surface area is 275 Å². The van der Waals surface area contributed by atoms with Gasteiger partial charge in [0.25, 0.3) is 0 Å². The van der Waals surface area contributed by atoms with Gasteiger partial charge in [-0.15, -0.1) is 0 Å². The van der Waals surface area contributed by atoms with Gasteiger partial charge in [-0.3, -0.25) is 23.7 Å². The second-order valence-electron chi connectivity index (χ2n) is 11.4. The fraction of sp³-hybridized carbons (Fsp3) is 0.303. The third-order valence-corrected chi connectivity index (χ3v) is 8.59. The molecule has 7 N–H and O–H groups in total. The highest BCUT2D eigenvalue weighted by Gasteiger charge is 2.32. The Hall–Kier alpha value is -5.04. The smallest absolute Gasteiger partial charge is 0.407 e. The third kappa shape index (κ3) is 9.74. The number of hydrogen-bond donors (Lipinski definition) is 7. The fourth-order valence-corrected chi connectivity index (χ4v) is 6.12. The minimum absolute atomic E-state index is 0.0662. The molecule has 4 rings (SSSR count). The molecule has 3 amide bonds. The molecule has 3 atom stereocenters. The van der Waals surface area contributed by atoms with Crippen LogP contribution in [0.4, 0.5) is 4.79 Å². The predicted octanol–water partition coefficient (Wildman–Crippen LogP) is 2.75. The van der Waals surface area contributed by atoms with Crippen LogP contribution in [0.3, 0.4) is 0 Å². The minimum atomic E-state index is -4.33. The standard InChI is InChI=1S/C33H36N3O11P/c1-19(32(41)42)34-31(40)28(16-20-10-12-21(13-11-20)18-48(44,45)46)35-30(39)27(14-15-29(37)38)36-33(43)47-17-26-24-8-4-2-6-22(24)23-7-3-5-9-25(23)26/h2-13,19,26-28H,14-18H2,1H3,(H,34,40)(H,35,39)(H,36,43)(H,37,38)(H,41,42)(H2,44,45,46)/t19-,27-,28-/m0/s1. The summed E-state index contributed by atoms with van der Waals surface area (Å²) in [7, 11) is -4.33. The maximum Gasteiger partial charge on any atom is 0.407 e. The molecule has 0 aromatic heterocycles. The number of aliphatic carboxylic acids is 2. The molecule has 0 saturated carbocycles. The summed E-state index contributed by atoms with van der Waals surface area (Å²) >= 11 is 0. The number of nitrogens with one attached hydrogen (secondary N) is 3. The van der Waals surface area contributed by atoms with Crippen molar-refractivity contribution in [2.24, 2.45) is 0 Å². The van der Waals surface area contributed by atoms with Crippen molar-refractivity contribution in [1.82, 2.24) is 16.0 Å². The summed E-state index contributed by atoms with van der Waals surface area (Å²) in [4.78, 5) is 80.8. The molecule has 48 heavy (non-hydrogen) atoms. The number of amides is 3. The predicted molar refractivity (Wildman–Crippen MR) is 172 cm³/mol. The fourth-order valence-electron chi connectivity index (χ4n) is 5.43. The largest absolute Gasteiger partial charge is 0.481 e. The normalized spacial score (nSPS) is 14.1. The van der Waals surface area contributed by atoms with Crippen molar-refractivity contribution < 1.29 is 53.3 Å². The second kappa shape index (κ2) is 15.7. The topological polar surface area (TPSA) is 229 Å². The Bertz CT molecular complexity index is 1680. The van der Waals surface area contributed by atoms with Gasteiger partial charge < -0.3 is 40.7 Å². The monoisotopic (exact) mass is 681 g/mol. The molecule has 0 unspecified atom stereocenters. The third-order valence-electron chi connectivity index (χ3n) is 7.81. The number of hydrogen-bond acceptors (Lipinski definition) is 7. The van der Waals surface area contributed by atoms with Gasteiger partial charge in [0.2, 0.25) is 11.8 Å². The summed E-state index contributed by atoms with van der Waals surface area (Å²) in [6.45, 7) is 1.16. The van der Waals surface area contributed by atoms with Gasteiger partial charge in [0.05, 0.1) is 6.16 Å². The van der Waals surface area contributed by atoms with Crippen molar-refractivity contribution >= 4 is 37.4 Å². The Morgan fingerprint density at radius 3 is 1.85 bits per heavy atom. The number of carboxylic acid groups (broad SMARTS) is 2. The van der Waals surface area contributed by atoms with Crippen molar-refractivity contribution in [3.63, 3.8) is 0 Å². The van der Waals surface area contributed by atoms with Crippen molar-refractivity contribution in [1.29, 1.82) is 0 Å². The molecule has 0 saturated heterocycles. The lowest BCUT2D eigenvalue weighted by molar-refractivity contribution is -0.141. The maximum absolute atomic E-state index is 13.5. The molecule has 254 valence electrons. The van der Waals surface area contributed by atoms with Crippen LogP contribution in [-0.4, -0.2) is 74.6 Å². The molecule has 0 bridgehead atoms. The van der Waals surface area contributed by atoms with Crippen LogP contribution < -0.4 is 16.0 Å². The molecule has 14 nitrogen and oxygen atoms in total. The highest BCUT2D eigenvalue weighted by Crippen LogP contribution is 2.44. The summed E-state index contributed by atoms with van der Waals surface area (Å²) in [5, 5.41) is 25.7. The van der Waals surface area contributed by atoms with Crippen LogP contribution >= 0.6 is 7.60 Å². The second-order valence-corrected chi connectivity index (χ2v) is 13.1. The number of carbonyl (C=O) groups excluding carboxylic acids is 3. The molecule has 0 radical (unpaired) electrons. The van der Waals surface area contributed by atoms with E-state index in [2.05, 4.69) is 16.0 Å². The van der Waals surface area contributed by atoms with E-state index in [1.54, 1.807) is 0 Å². The summed E-state index contributed by atoms with van der Waals surface area (Å²) in [5.74, 6) is -4.61. The maximum atomic E-state index is 13.5. The number of benzene rings is 3. The lowest BCUT2D eigenvalue weighted by Gasteiger charge is -2.24. The number of carbonyl (C=O) groups is 5. The van der Waals surface area contributed by atoms with Gasteiger partial charge in [-0.1, -0.05) is 72.8 Å². The average Bonchev–Trinajstić information content (AvgIpc) is 3.35. The summed E-state index contributed by atoms with van der Waals surface area (Å²) < 4.78 is 16.9. The SMILES string of the molecule is C[C@H](NC(=O)[C@H](Cc1ccc(CP(=O)(O)O)cc1)NC(=O)[C@H](CCC(=O)O)NC(=O)OCC1c2ccccc2-c2ccccc21)C(=O)O. The Morgan fingerprint density at radius 2 is 1.31 bits per heavy atom. The number of alkyl carbamates (subject to hydrolysis) is 1. The number of carboxylic acids is 2. The zero-order chi connectivity index (χ0) is 35.0. The molecule has 1 aliphatic rings. The molecular formula is C33H36N3O11P. The molecule has 3 aromatic carbocycles. The van der Waals surface area contributed by atoms with E-state index in [0.29, 0.717) is 11.1 Å². The van der Waals surface area contributed by atoms with E-state index in [-0.39, 0.29) is 25.4 Å². The van der Waals surface area contributed by atoms with Crippen LogP contribution in [-0.2, 0) is 41.1 Å².